The average molecular weight is 391 g/mol. The third-order valence-corrected chi connectivity index (χ3v) is 6.44. The molecule has 6 nitrogen and oxygen atoms in total. The number of aryl methyl sites for hydroxylation is 2. The summed E-state index contributed by atoms with van der Waals surface area (Å²) in [5, 5.41) is 0. The number of hydrogen-bond acceptors (Lipinski definition) is 5. The highest BCUT2D eigenvalue weighted by molar-refractivity contribution is 7.91. The van der Waals surface area contributed by atoms with Gasteiger partial charge in [0.1, 0.15) is 11.5 Å². The molecule has 1 aromatic heterocycles. The van der Waals surface area contributed by atoms with Crippen molar-refractivity contribution < 1.29 is 22.4 Å². The molecule has 2 aromatic rings. The summed E-state index contributed by atoms with van der Waals surface area (Å²) in [4.78, 5) is 14.7. The van der Waals surface area contributed by atoms with Crippen LogP contribution in [-0.4, -0.2) is 42.9 Å². The van der Waals surface area contributed by atoms with E-state index in [-0.39, 0.29) is 30.0 Å². The SMILES string of the molecule is Cc1cc(C)cc(OC(C)C(=O)N(Cc2ccco2)C2CCS(=O)(=O)C2)c1. The van der Waals surface area contributed by atoms with Gasteiger partial charge in [-0.3, -0.25) is 4.79 Å². The van der Waals surface area contributed by atoms with E-state index in [0.29, 0.717) is 17.9 Å². The minimum Gasteiger partial charge on any atom is -0.481 e. The Hall–Kier alpha value is -2.28. The number of furan rings is 1. The maximum Gasteiger partial charge on any atom is 0.264 e. The summed E-state index contributed by atoms with van der Waals surface area (Å²) in [6.45, 7) is 5.86. The number of nitrogens with zero attached hydrogens (tertiary/aromatic N) is 1. The first-order chi connectivity index (χ1) is 12.7. The van der Waals surface area contributed by atoms with Gasteiger partial charge in [-0.2, -0.15) is 0 Å². The summed E-state index contributed by atoms with van der Waals surface area (Å²) in [6, 6.07) is 8.96. The highest BCUT2D eigenvalue weighted by Crippen LogP contribution is 2.23. The summed E-state index contributed by atoms with van der Waals surface area (Å²) >= 11 is 0. The molecule has 1 saturated heterocycles. The second-order valence-corrected chi connectivity index (χ2v) is 9.41. The zero-order chi connectivity index (χ0) is 19.6. The van der Waals surface area contributed by atoms with E-state index in [4.69, 9.17) is 9.15 Å². The summed E-state index contributed by atoms with van der Waals surface area (Å²) in [5.41, 5.74) is 2.11. The van der Waals surface area contributed by atoms with Crippen molar-refractivity contribution in [3.05, 3.63) is 53.5 Å². The summed E-state index contributed by atoms with van der Waals surface area (Å²) in [5.74, 6) is 1.09. The van der Waals surface area contributed by atoms with Crippen LogP contribution in [-0.2, 0) is 21.2 Å². The van der Waals surface area contributed by atoms with Crippen LogP contribution in [0, 0.1) is 13.8 Å². The summed E-state index contributed by atoms with van der Waals surface area (Å²) in [7, 11) is -3.11. The van der Waals surface area contributed by atoms with Crippen LogP contribution in [0.1, 0.15) is 30.2 Å². The van der Waals surface area contributed by atoms with Crippen molar-refractivity contribution in [1.82, 2.24) is 4.90 Å². The number of amides is 1. The van der Waals surface area contributed by atoms with Crippen LogP contribution in [0.5, 0.6) is 5.75 Å². The van der Waals surface area contributed by atoms with E-state index in [9.17, 15) is 13.2 Å². The van der Waals surface area contributed by atoms with E-state index < -0.39 is 15.9 Å². The molecule has 1 aromatic carbocycles. The number of hydrogen-bond donors (Lipinski definition) is 0. The fraction of sp³-hybridized carbons (Fsp3) is 0.450. The third-order valence-electron chi connectivity index (χ3n) is 4.69. The number of carbonyl (C=O) groups excluding carboxylic acids is 1. The van der Waals surface area contributed by atoms with Crippen molar-refractivity contribution >= 4 is 15.7 Å². The molecule has 0 bridgehead atoms. The fourth-order valence-corrected chi connectivity index (χ4v) is 5.20. The van der Waals surface area contributed by atoms with Gasteiger partial charge in [-0.15, -0.1) is 0 Å². The quantitative estimate of drug-likeness (QED) is 0.757. The lowest BCUT2D eigenvalue weighted by molar-refractivity contribution is -0.140. The van der Waals surface area contributed by atoms with Gasteiger partial charge in [-0.1, -0.05) is 6.07 Å². The predicted octanol–water partition coefficient (Wildman–Crippen LogP) is 2.88. The van der Waals surface area contributed by atoms with Crippen molar-refractivity contribution in [2.45, 2.75) is 45.9 Å². The number of carbonyl (C=O) groups is 1. The van der Waals surface area contributed by atoms with Gasteiger partial charge in [0.05, 0.1) is 24.3 Å². The standard InChI is InChI=1S/C20H25NO5S/c1-14-9-15(2)11-19(10-14)26-16(3)20(22)21(12-18-5-4-7-25-18)17-6-8-27(23,24)13-17/h4-5,7,9-11,16-17H,6,8,12-13H2,1-3H3. The normalized spacial score (nSPS) is 19.6. The minimum absolute atomic E-state index is 0.0181. The van der Waals surface area contributed by atoms with Gasteiger partial charge in [0.15, 0.2) is 15.9 Å². The van der Waals surface area contributed by atoms with E-state index in [2.05, 4.69) is 0 Å². The molecular formula is C20H25NO5S. The summed E-state index contributed by atoms with van der Waals surface area (Å²) in [6.07, 6.45) is 1.24. The minimum atomic E-state index is -3.11. The largest absolute Gasteiger partial charge is 0.481 e. The van der Waals surface area contributed by atoms with Gasteiger partial charge in [0.25, 0.3) is 5.91 Å². The fourth-order valence-electron chi connectivity index (χ4n) is 3.47. The topological polar surface area (TPSA) is 76.8 Å². The highest BCUT2D eigenvalue weighted by atomic mass is 32.2. The summed E-state index contributed by atoms with van der Waals surface area (Å²) < 4.78 is 35.1. The molecule has 0 aliphatic carbocycles. The Morgan fingerprint density at radius 1 is 1.30 bits per heavy atom. The predicted molar refractivity (Wildman–Crippen MR) is 102 cm³/mol. The van der Waals surface area contributed by atoms with E-state index >= 15 is 0 Å². The molecule has 1 aliphatic heterocycles. The molecule has 0 radical (unpaired) electrons. The molecule has 1 aliphatic rings. The lowest BCUT2D eigenvalue weighted by Gasteiger charge is -2.30. The van der Waals surface area contributed by atoms with Gasteiger partial charge in [-0.25, -0.2) is 8.42 Å². The Labute approximate surface area is 160 Å². The van der Waals surface area contributed by atoms with Crippen molar-refractivity contribution in [1.29, 1.82) is 0 Å². The van der Waals surface area contributed by atoms with Crippen molar-refractivity contribution in [2.24, 2.45) is 0 Å². The van der Waals surface area contributed by atoms with E-state index in [1.165, 1.54) is 0 Å². The van der Waals surface area contributed by atoms with Gasteiger partial charge in [0, 0.05) is 6.04 Å². The van der Waals surface area contributed by atoms with Crippen molar-refractivity contribution in [3.8, 4) is 5.75 Å². The maximum atomic E-state index is 13.1. The zero-order valence-corrected chi connectivity index (χ0v) is 16.7. The Balaban J connectivity index is 1.78. The van der Waals surface area contributed by atoms with E-state index in [1.807, 2.05) is 32.0 Å². The molecule has 0 N–H and O–H groups in total. The number of sulfone groups is 1. The zero-order valence-electron chi connectivity index (χ0n) is 15.8. The molecule has 1 fully saturated rings. The van der Waals surface area contributed by atoms with Crippen LogP contribution in [0.4, 0.5) is 0 Å². The Kier molecular flexibility index (Phi) is 5.60. The first-order valence-electron chi connectivity index (χ1n) is 9.02. The van der Waals surface area contributed by atoms with Gasteiger partial charge in [0.2, 0.25) is 0 Å². The van der Waals surface area contributed by atoms with Crippen LogP contribution in [0.15, 0.2) is 41.0 Å². The number of benzene rings is 1. The maximum absolute atomic E-state index is 13.1. The van der Waals surface area contributed by atoms with Crippen LogP contribution in [0.3, 0.4) is 0 Å². The third kappa shape index (κ3) is 4.91. The van der Waals surface area contributed by atoms with Crippen LogP contribution >= 0.6 is 0 Å². The van der Waals surface area contributed by atoms with Crippen molar-refractivity contribution in [3.63, 3.8) is 0 Å². The van der Waals surface area contributed by atoms with Gasteiger partial charge < -0.3 is 14.1 Å². The lowest BCUT2D eigenvalue weighted by Crippen LogP contribution is -2.46. The van der Waals surface area contributed by atoms with E-state index in [1.54, 1.807) is 30.2 Å². The molecule has 2 heterocycles. The molecule has 2 atom stereocenters. The Morgan fingerprint density at radius 2 is 2.00 bits per heavy atom. The molecule has 27 heavy (non-hydrogen) atoms. The monoisotopic (exact) mass is 391 g/mol. The molecule has 0 saturated carbocycles. The van der Waals surface area contributed by atoms with Crippen molar-refractivity contribution in [2.75, 3.05) is 11.5 Å². The highest BCUT2D eigenvalue weighted by Gasteiger charge is 2.37. The molecule has 3 rings (SSSR count). The second-order valence-electron chi connectivity index (χ2n) is 7.19. The molecule has 0 spiro atoms. The lowest BCUT2D eigenvalue weighted by atomic mass is 10.1. The smallest absolute Gasteiger partial charge is 0.264 e. The molecule has 1 amide bonds. The van der Waals surface area contributed by atoms with Crippen LogP contribution < -0.4 is 4.74 Å². The molecule has 146 valence electrons. The Bertz CT molecular complexity index is 884. The number of ether oxygens (including phenoxy) is 1. The first kappa shape index (κ1) is 19.5. The molecule has 7 heteroatoms. The van der Waals surface area contributed by atoms with Crippen LogP contribution in [0.25, 0.3) is 0 Å². The molecular weight excluding hydrogens is 366 g/mol. The average Bonchev–Trinajstić information content (AvgIpc) is 3.20. The first-order valence-corrected chi connectivity index (χ1v) is 10.8. The van der Waals surface area contributed by atoms with Gasteiger partial charge >= 0.3 is 0 Å². The van der Waals surface area contributed by atoms with E-state index in [0.717, 1.165) is 11.1 Å². The van der Waals surface area contributed by atoms with Crippen LogP contribution in [0.2, 0.25) is 0 Å². The second kappa shape index (κ2) is 7.76. The molecule has 2 unspecified atom stereocenters. The van der Waals surface area contributed by atoms with Gasteiger partial charge in [-0.05, 0) is 62.6 Å². The number of rotatable bonds is 6. The Morgan fingerprint density at radius 3 is 2.56 bits per heavy atom.